The van der Waals surface area contributed by atoms with E-state index in [-0.39, 0.29) is 15.2 Å². The summed E-state index contributed by atoms with van der Waals surface area (Å²) in [6.45, 7) is 2.07. The van der Waals surface area contributed by atoms with Crippen molar-refractivity contribution in [3.63, 3.8) is 0 Å². The van der Waals surface area contributed by atoms with Crippen LogP contribution < -0.4 is 4.72 Å². The molecule has 0 saturated carbocycles. The topological polar surface area (TPSA) is 72.0 Å². The normalized spacial score (nSPS) is 11.9. The summed E-state index contributed by atoms with van der Waals surface area (Å²) in [4.78, 5) is 8.64. The molecule has 2 heterocycles. The Morgan fingerprint density at radius 2 is 2.24 bits per heavy atom. The van der Waals surface area contributed by atoms with Crippen molar-refractivity contribution in [3.05, 3.63) is 26.7 Å². The molecule has 0 radical (unpaired) electrons. The van der Waals surface area contributed by atoms with E-state index in [9.17, 15) is 8.42 Å². The average Bonchev–Trinajstić information content (AvgIpc) is 2.85. The maximum atomic E-state index is 11.8. The van der Waals surface area contributed by atoms with Crippen LogP contribution in [-0.2, 0) is 16.6 Å². The van der Waals surface area contributed by atoms with Crippen LogP contribution >= 0.6 is 34.3 Å². The highest BCUT2D eigenvalue weighted by atomic mass is 35.5. The number of thiazole rings is 2. The molecular formula is C8H8ClN3O2S3. The predicted octanol–water partition coefficient (Wildman–Crippen LogP) is 2.04. The lowest BCUT2D eigenvalue weighted by Gasteiger charge is -2.02. The maximum Gasteiger partial charge on any atom is 0.252 e. The smallest absolute Gasteiger partial charge is 0.250 e. The monoisotopic (exact) mass is 309 g/mol. The van der Waals surface area contributed by atoms with Gasteiger partial charge in [-0.25, -0.2) is 23.1 Å². The zero-order valence-electron chi connectivity index (χ0n) is 8.68. The number of sulfonamides is 1. The van der Waals surface area contributed by atoms with Crippen molar-refractivity contribution in [2.75, 3.05) is 0 Å². The molecule has 0 spiro atoms. The highest BCUT2D eigenvalue weighted by Crippen LogP contribution is 2.22. The lowest BCUT2D eigenvalue weighted by atomic mass is 10.4. The van der Waals surface area contributed by atoms with Crippen molar-refractivity contribution >= 4 is 44.3 Å². The summed E-state index contributed by atoms with van der Waals surface area (Å²) in [5.74, 6) is 0. The standard InChI is InChI=1S/C8H8ClN3O2S3/c1-5-6(15-4-11-5)2-12-17(13,14)7-3-10-8(9)16-7/h3-4,12H,2H2,1H3. The van der Waals surface area contributed by atoms with Gasteiger partial charge in [-0.05, 0) is 6.92 Å². The Kier molecular flexibility index (Phi) is 3.79. The average molecular weight is 310 g/mol. The van der Waals surface area contributed by atoms with Crippen molar-refractivity contribution in [1.82, 2.24) is 14.7 Å². The van der Waals surface area contributed by atoms with E-state index in [1.807, 2.05) is 6.92 Å². The molecule has 5 nitrogen and oxygen atoms in total. The van der Waals surface area contributed by atoms with Gasteiger partial charge in [-0.2, -0.15) is 0 Å². The van der Waals surface area contributed by atoms with Crippen LogP contribution in [0, 0.1) is 6.92 Å². The van der Waals surface area contributed by atoms with Gasteiger partial charge in [-0.1, -0.05) is 22.9 Å². The minimum Gasteiger partial charge on any atom is -0.250 e. The summed E-state index contributed by atoms with van der Waals surface area (Å²) in [5.41, 5.74) is 2.52. The predicted molar refractivity (Wildman–Crippen MR) is 68.0 cm³/mol. The van der Waals surface area contributed by atoms with Crippen LogP contribution in [0.5, 0.6) is 0 Å². The van der Waals surface area contributed by atoms with Crippen LogP contribution in [0.25, 0.3) is 0 Å². The number of hydrogen-bond acceptors (Lipinski definition) is 6. The summed E-state index contributed by atoms with van der Waals surface area (Å²) in [7, 11) is -3.53. The zero-order chi connectivity index (χ0) is 12.5. The van der Waals surface area contributed by atoms with E-state index in [0.717, 1.165) is 21.9 Å². The molecule has 0 aromatic carbocycles. The first-order valence-electron chi connectivity index (χ1n) is 4.49. The molecule has 9 heteroatoms. The highest BCUT2D eigenvalue weighted by molar-refractivity contribution is 7.91. The SMILES string of the molecule is Cc1ncsc1CNS(=O)(=O)c1cnc(Cl)s1. The van der Waals surface area contributed by atoms with Crippen molar-refractivity contribution in [1.29, 1.82) is 0 Å². The first-order chi connectivity index (χ1) is 7.99. The Morgan fingerprint density at radius 3 is 2.76 bits per heavy atom. The van der Waals surface area contributed by atoms with Crippen LogP contribution in [0.15, 0.2) is 15.9 Å². The quantitative estimate of drug-likeness (QED) is 0.938. The van der Waals surface area contributed by atoms with E-state index in [0.29, 0.717) is 0 Å². The minimum absolute atomic E-state index is 0.115. The first kappa shape index (κ1) is 12.9. The summed E-state index contributed by atoms with van der Waals surface area (Å²) in [6, 6.07) is 0. The van der Waals surface area contributed by atoms with Gasteiger partial charge in [0, 0.05) is 11.4 Å². The van der Waals surface area contributed by atoms with Crippen LogP contribution in [0.2, 0.25) is 4.47 Å². The van der Waals surface area contributed by atoms with E-state index in [1.165, 1.54) is 17.5 Å². The maximum absolute atomic E-state index is 11.8. The molecule has 0 fully saturated rings. The fraction of sp³-hybridized carbons (Fsp3) is 0.250. The van der Waals surface area contributed by atoms with E-state index in [2.05, 4.69) is 14.7 Å². The summed E-state index contributed by atoms with van der Waals surface area (Å²) < 4.78 is 26.5. The molecule has 0 amide bonds. The highest BCUT2D eigenvalue weighted by Gasteiger charge is 2.17. The molecule has 2 aromatic rings. The summed E-state index contributed by atoms with van der Waals surface area (Å²) in [5, 5.41) is 0. The molecule has 0 aliphatic rings. The number of rotatable bonds is 4. The Bertz CT molecular complexity index is 620. The first-order valence-corrected chi connectivity index (χ1v) is 8.05. The molecule has 2 rings (SSSR count). The Morgan fingerprint density at radius 1 is 1.47 bits per heavy atom. The second kappa shape index (κ2) is 4.99. The van der Waals surface area contributed by atoms with Gasteiger partial charge in [-0.3, -0.25) is 0 Å². The van der Waals surface area contributed by atoms with Crippen molar-refractivity contribution < 1.29 is 8.42 Å². The number of nitrogens with one attached hydrogen (secondary N) is 1. The molecule has 0 aliphatic carbocycles. The van der Waals surface area contributed by atoms with Crippen LogP contribution in [0.1, 0.15) is 10.6 Å². The molecule has 0 unspecified atom stereocenters. The minimum atomic E-state index is -3.53. The van der Waals surface area contributed by atoms with Gasteiger partial charge in [0.15, 0.2) is 8.68 Å². The third-order valence-corrected chi connectivity index (χ3v) is 5.90. The number of hydrogen-bond donors (Lipinski definition) is 1. The molecule has 17 heavy (non-hydrogen) atoms. The van der Waals surface area contributed by atoms with Gasteiger partial charge >= 0.3 is 0 Å². The van der Waals surface area contributed by atoms with Crippen molar-refractivity contribution in [3.8, 4) is 0 Å². The second-order valence-electron chi connectivity index (χ2n) is 3.12. The molecule has 0 atom stereocenters. The van der Waals surface area contributed by atoms with Gasteiger partial charge in [0.25, 0.3) is 10.0 Å². The Balaban J connectivity index is 2.11. The van der Waals surface area contributed by atoms with E-state index in [4.69, 9.17) is 11.6 Å². The Hall–Kier alpha value is -0.540. The molecule has 1 N–H and O–H groups in total. The fourth-order valence-electron chi connectivity index (χ4n) is 1.09. The van der Waals surface area contributed by atoms with Gasteiger partial charge < -0.3 is 0 Å². The summed E-state index contributed by atoms with van der Waals surface area (Å²) >= 11 is 7.94. The second-order valence-corrected chi connectivity index (χ2v) is 7.66. The lowest BCUT2D eigenvalue weighted by molar-refractivity contribution is 0.583. The van der Waals surface area contributed by atoms with E-state index in [1.54, 1.807) is 5.51 Å². The molecule has 0 bridgehead atoms. The van der Waals surface area contributed by atoms with Crippen LogP contribution in [-0.4, -0.2) is 18.4 Å². The van der Waals surface area contributed by atoms with Crippen molar-refractivity contribution in [2.45, 2.75) is 17.7 Å². The largest absolute Gasteiger partial charge is 0.252 e. The zero-order valence-corrected chi connectivity index (χ0v) is 11.9. The molecular weight excluding hydrogens is 302 g/mol. The summed E-state index contributed by atoms with van der Waals surface area (Å²) in [6.07, 6.45) is 1.24. The lowest BCUT2D eigenvalue weighted by Crippen LogP contribution is -2.22. The van der Waals surface area contributed by atoms with Crippen molar-refractivity contribution in [2.24, 2.45) is 0 Å². The van der Waals surface area contributed by atoms with E-state index >= 15 is 0 Å². The number of aromatic nitrogens is 2. The number of aryl methyl sites for hydroxylation is 1. The third-order valence-electron chi connectivity index (χ3n) is 1.99. The number of nitrogens with zero attached hydrogens (tertiary/aromatic N) is 2. The van der Waals surface area contributed by atoms with Gasteiger partial charge in [0.1, 0.15) is 0 Å². The molecule has 2 aromatic heterocycles. The number of halogens is 1. The fourth-order valence-corrected chi connectivity index (χ4v) is 4.23. The van der Waals surface area contributed by atoms with Gasteiger partial charge in [-0.15, -0.1) is 11.3 Å². The van der Waals surface area contributed by atoms with Crippen LogP contribution in [0.3, 0.4) is 0 Å². The molecule has 92 valence electrons. The third kappa shape index (κ3) is 3.02. The molecule has 0 saturated heterocycles. The Labute approximate surface area is 112 Å². The van der Waals surface area contributed by atoms with Crippen LogP contribution in [0.4, 0.5) is 0 Å². The van der Waals surface area contributed by atoms with E-state index < -0.39 is 10.0 Å². The van der Waals surface area contributed by atoms with Gasteiger partial charge in [0.05, 0.1) is 17.4 Å². The van der Waals surface area contributed by atoms with Gasteiger partial charge in [0.2, 0.25) is 0 Å². The molecule has 0 aliphatic heterocycles.